The van der Waals surface area contributed by atoms with Crippen LogP contribution in [0.5, 0.6) is 0 Å². The third kappa shape index (κ3) is 3.64. The summed E-state index contributed by atoms with van der Waals surface area (Å²) >= 11 is 6.41. The minimum absolute atomic E-state index is 0.117. The predicted molar refractivity (Wildman–Crippen MR) is 108 cm³/mol. The number of rotatable bonds is 3. The average molecular weight is 431 g/mol. The van der Waals surface area contributed by atoms with Crippen molar-refractivity contribution in [3.63, 3.8) is 0 Å². The van der Waals surface area contributed by atoms with E-state index >= 15 is 0 Å². The third-order valence-corrected chi connectivity index (χ3v) is 8.38. The van der Waals surface area contributed by atoms with E-state index in [1.165, 1.54) is 0 Å². The molecule has 0 bridgehead atoms. The molecule has 5 N–H and O–H groups in total. The number of hydrogen-bond donors (Lipinski definition) is 5. The molecule has 4 heterocycles. The zero-order chi connectivity index (χ0) is 20.1. The maximum Gasteiger partial charge on any atom is 0.141 e. The first-order chi connectivity index (χ1) is 14.1. The number of nitrogens with zero attached hydrogens (tertiary/aromatic N) is 1. The van der Waals surface area contributed by atoms with Crippen molar-refractivity contribution in [1.29, 1.82) is 0 Å². The van der Waals surface area contributed by atoms with Crippen LogP contribution in [-0.2, 0) is 9.47 Å². The minimum Gasteiger partial charge on any atom is -0.387 e. The van der Waals surface area contributed by atoms with Crippen molar-refractivity contribution >= 4 is 11.6 Å². The van der Waals surface area contributed by atoms with Gasteiger partial charge in [-0.1, -0.05) is 0 Å². The first kappa shape index (κ1) is 20.8. The van der Waals surface area contributed by atoms with Gasteiger partial charge in [0.05, 0.1) is 18.4 Å². The highest BCUT2D eigenvalue weighted by Crippen LogP contribution is 2.44. The fourth-order valence-electron chi connectivity index (χ4n) is 6.53. The second-order valence-corrected chi connectivity index (χ2v) is 10.0. The Morgan fingerprint density at radius 1 is 1.03 bits per heavy atom. The molecule has 0 spiro atoms. The quantitative estimate of drug-likeness (QED) is 0.385. The van der Waals surface area contributed by atoms with Crippen LogP contribution in [0.15, 0.2) is 0 Å². The number of likely N-dealkylation sites (tertiary alicyclic amines) is 1. The Hall–Kier alpha value is -0.0300. The van der Waals surface area contributed by atoms with Gasteiger partial charge in [-0.3, -0.25) is 15.5 Å². The van der Waals surface area contributed by atoms with Gasteiger partial charge in [-0.15, -0.1) is 11.6 Å². The molecular weight excluding hydrogens is 396 g/mol. The third-order valence-electron chi connectivity index (χ3n) is 7.98. The van der Waals surface area contributed by atoms with E-state index in [1.54, 1.807) is 0 Å². The summed E-state index contributed by atoms with van der Waals surface area (Å²) in [5.41, 5.74) is 0. The van der Waals surface area contributed by atoms with Crippen LogP contribution in [0, 0.1) is 17.8 Å². The molecule has 8 nitrogen and oxygen atoms in total. The monoisotopic (exact) mass is 430 g/mol. The van der Waals surface area contributed by atoms with E-state index in [9.17, 15) is 10.2 Å². The predicted octanol–water partition coefficient (Wildman–Crippen LogP) is -0.410. The Balaban J connectivity index is 1.30. The standard InChI is InChI=1S/C20H35ClN4O4/c1-22-18-13-4-6-25(19(13)24-9-23-18)20-15(27)14(26)17(29-20)16-12-3-2-11(21)8-10(12)5-7-28-16/h10-20,22-24,26-27H,2-9H2,1H3/t10?,11?,12?,13?,14-,15+,16+,17-,18?,19?,20+/m0/s1. The van der Waals surface area contributed by atoms with Gasteiger partial charge >= 0.3 is 0 Å². The summed E-state index contributed by atoms with van der Waals surface area (Å²) in [6.45, 7) is 2.20. The Morgan fingerprint density at radius 3 is 2.72 bits per heavy atom. The van der Waals surface area contributed by atoms with Gasteiger partial charge in [-0.25, -0.2) is 0 Å². The van der Waals surface area contributed by atoms with Crippen molar-refractivity contribution in [3.8, 4) is 0 Å². The zero-order valence-electron chi connectivity index (χ0n) is 17.0. The molecule has 0 aromatic carbocycles. The van der Waals surface area contributed by atoms with Crippen LogP contribution in [0.4, 0.5) is 0 Å². The highest BCUT2D eigenvalue weighted by atomic mass is 35.5. The second-order valence-electron chi connectivity index (χ2n) is 9.42. The van der Waals surface area contributed by atoms with Crippen molar-refractivity contribution in [2.24, 2.45) is 17.8 Å². The molecule has 5 rings (SSSR count). The van der Waals surface area contributed by atoms with Gasteiger partial charge in [-0.2, -0.15) is 0 Å². The van der Waals surface area contributed by atoms with E-state index in [0.29, 0.717) is 31.0 Å². The van der Waals surface area contributed by atoms with Crippen LogP contribution >= 0.6 is 11.6 Å². The van der Waals surface area contributed by atoms with Crippen LogP contribution < -0.4 is 16.0 Å². The van der Waals surface area contributed by atoms with E-state index in [-0.39, 0.29) is 23.8 Å². The molecular formula is C20H35ClN4O4. The lowest BCUT2D eigenvalue weighted by molar-refractivity contribution is -0.174. The minimum atomic E-state index is -0.934. The van der Waals surface area contributed by atoms with E-state index in [1.807, 2.05) is 7.05 Å². The Morgan fingerprint density at radius 2 is 1.90 bits per heavy atom. The van der Waals surface area contributed by atoms with Gasteiger partial charge in [0.1, 0.15) is 24.5 Å². The summed E-state index contributed by atoms with van der Waals surface area (Å²) in [5, 5.41) is 32.4. The number of hydrogen-bond acceptors (Lipinski definition) is 8. The number of halogens is 1. The molecule has 1 saturated carbocycles. The first-order valence-electron chi connectivity index (χ1n) is 11.3. The van der Waals surface area contributed by atoms with Crippen LogP contribution in [0.2, 0.25) is 0 Å². The number of nitrogens with one attached hydrogen (secondary N) is 3. The molecule has 4 saturated heterocycles. The van der Waals surface area contributed by atoms with Gasteiger partial charge in [0.2, 0.25) is 0 Å². The zero-order valence-corrected chi connectivity index (χ0v) is 17.8. The van der Waals surface area contributed by atoms with Crippen molar-refractivity contribution in [2.45, 2.75) is 80.5 Å². The molecule has 5 aliphatic rings. The summed E-state index contributed by atoms with van der Waals surface area (Å²) in [7, 11) is 1.97. The van der Waals surface area contributed by atoms with Crippen LogP contribution in [0.1, 0.15) is 32.1 Å². The number of fused-ring (bicyclic) bond motifs is 2. The molecule has 0 aromatic heterocycles. The van der Waals surface area contributed by atoms with Gasteiger partial charge in [0.15, 0.2) is 0 Å². The van der Waals surface area contributed by atoms with Crippen molar-refractivity contribution in [3.05, 3.63) is 0 Å². The average Bonchev–Trinajstić information content (AvgIpc) is 3.28. The lowest BCUT2D eigenvalue weighted by Gasteiger charge is -2.45. The van der Waals surface area contributed by atoms with Gasteiger partial charge in [0, 0.05) is 31.1 Å². The fraction of sp³-hybridized carbons (Fsp3) is 1.00. The Labute approximate surface area is 177 Å². The molecule has 0 amide bonds. The summed E-state index contributed by atoms with van der Waals surface area (Å²) in [5.74, 6) is 1.26. The molecule has 4 aliphatic heterocycles. The molecule has 0 aromatic rings. The molecule has 6 unspecified atom stereocenters. The van der Waals surface area contributed by atoms with Crippen molar-refractivity contribution in [1.82, 2.24) is 20.9 Å². The molecule has 11 atom stereocenters. The number of aliphatic hydroxyl groups is 2. The summed E-state index contributed by atoms with van der Waals surface area (Å²) in [6, 6.07) is 0. The number of ether oxygens (including phenoxy) is 2. The fourth-order valence-corrected chi connectivity index (χ4v) is 6.88. The van der Waals surface area contributed by atoms with Crippen LogP contribution in [0.25, 0.3) is 0 Å². The van der Waals surface area contributed by atoms with Crippen LogP contribution in [-0.4, -0.2) is 90.3 Å². The van der Waals surface area contributed by atoms with Gasteiger partial charge < -0.3 is 25.0 Å². The normalized spacial score (nSPS) is 53.6. The molecule has 166 valence electrons. The number of alkyl halides is 1. The van der Waals surface area contributed by atoms with Crippen molar-refractivity contribution in [2.75, 3.05) is 26.9 Å². The molecule has 0 radical (unpaired) electrons. The summed E-state index contributed by atoms with van der Waals surface area (Å²) in [6.07, 6.45) is 2.34. The topological polar surface area (TPSA) is 98.3 Å². The smallest absolute Gasteiger partial charge is 0.141 e. The van der Waals surface area contributed by atoms with Crippen molar-refractivity contribution < 1.29 is 19.7 Å². The molecule has 1 aliphatic carbocycles. The van der Waals surface area contributed by atoms with E-state index in [4.69, 9.17) is 21.1 Å². The summed E-state index contributed by atoms with van der Waals surface area (Å²) in [4.78, 5) is 2.19. The lowest BCUT2D eigenvalue weighted by atomic mass is 9.71. The number of aliphatic hydroxyl groups excluding tert-OH is 2. The van der Waals surface area contributed by atoms with Crippen LogP contribution in [0.3, 0.4) is 0 Å². The maximum absolute atomic E-state index is 10.9. The highest BCUT2D eigenvalue weighted by Gasteiger charge is 2.55. The van der Waals surface area contributed by atoms with Gasteiger partial charge in [-0.05, 0) is 51.0 Å². The Bertz CT molecular complexity index is 589. The molecule has 9 heteroatoms. The highest BCUT2D eigenvalue weighted by molar-refractivity contribution is 6.20. The SMILES string of the molecule is CNC1NCNC2C1CCN2[C@@H]1O[C@H]([C@@H]2OCCC3CC(Cl)CCC32)[C@@H](O)[C@H]1O. The maximum atomic E-state index is 10.9. The first-order valence-corrected chi connectivity index (χ1v) is 11.7. The van der Waals surface area contributed by atoms with E-state index < -0.39 is 24.5 Å². The molecule has 5 fully saturated rings. The largest absolute Gasteiger partial charge is 0.387 e. The van der Waals surface area contributed by atoms with E-state index in [0.717, 1.165) is 38.6 Å². The second kappa shape index (κ2) is 8.48. The Kier molecular flexibility index (Phi) is 6.10. The lowest BCUT2D eigenvalue weighted by Crippen LogP contribution is -2.65. The van der Waals surface area contributed by atoms with E-state index in [2.05, 4.69) is 20.9 Å². The molecule has 29 heavy (non-hydrogen) atoms. The van der Waals surface area contributed by atoms with Gasteiger partial charge in [0.25, 0.3) is 0 Å². The summed E-state index contributed by atoms with van der Waals surface area (Å²) < 4.78 is 12.5.